The summed E-state index contributed by atoms with van der Waals surface area (Å²) in [6.45, 7) is 0. The number of carbonyl (C=O) groups is 1. The van der Waals surface area contributed by atoms with Crippen molar-refractivity contribution >= 4 is 46.5 Å². The summed E-state index contributed by atoms with van der Waals surface area (Å²) in [5.41, 5.74) is 2.96. The summed E-state index contributed by atoms with van der Waals surface area (Å²) in [5, 5.41) is 3.84. The van der Waals surface area contributed by atoms with Crippen LogP contribution in [-0.4, -0.2) is 40.5 Å². The third-order valence-corrected chi connectivity index (χ3v) is 6.54. The minimum Gasteiger partial charge on any atom is -0.361 e. The third kappa shape index (κ3) is 2.90. The van der Waals surface area contributed by atoms with E-state index in [-0.39, 0.29) is 23.6 Å². The van der Waals surface area contributed by atoms with Gasteiger partial charge >= 0.3 is 6.03 Å². The Balaban J connectivity index is 1.58. The topological polar surface area (TPSA) is 35.6 Å². The molecule has 3 unspecified atom stereocenters. The molecule has 7 heteroatoms. The van der Waals surface area contributed by atoms with Crippen molar-refractivity contribution in [1.82, 2.24) is 9.80 Å². The molecule has 2 amide bonds. The fourth-order valence-electron chi connectivity index (χ4n) is 4.02. The van der Waals surface area contributed by atoms with E-state index in [2.05, 4.69) is 11.4 Å². The Morgan fingerprint density at radius 2 is 2.04 bits per heavy atom. The molecule has 3 aliphatic rings. The molecule has 0 spiro atoms. The van der Waals surface area contributed by atoms with Gasteiger partial charge in [0.2, 0.25) is 0 Å². The lowest BCUT2D eigenvalue weighted by Crippen LogP contribution is -2.49. The van der Waals surface area contributed by atoms with Crippen LogP contribution < -0.4 is 5.32 Å². The van der Waals surface area contributed by atoms with Crippen LogP contribution in [-0.2, 0) is 0 Å². The van der Waals surface area contributed by atoms with Crippen LogP contribution in [0.4, 0.5) is 10.5 Å². The summed E-state index contributed by atoms with van der Waals surface area (Å²) in [4.78, 5) is 16.9. The average molecular weight is 399 g/mol. The van der Waals surface area contributed by atoms with E-state index in [0.717, 1.165) is 19.3 Å². The number of benzene rings is 1. The number of nitrogens with zero attached hydrogens (tertiary/aromatic N) is 2. The molecule has 1 N–H and O–H groups in total. The molecule has 3 heterocycles. The van der Waals surface area contributed by atoms with Gasteiger partial charge in [-0.1, -0.05) is 34.8 Å². The number of halogens is 3. The van der Waals surface area contributed by atoms with Crippen molar-refractivity contribution in [3.63, 3.8) is 0 Å². The van der Waals surface area contributed by atoms with Crippen LogP contribution in [0, 0.1) is 0 Å². The Labute approximate surface area is 162 Å². The molecule has 0 radical (unpaired) electrons. The molecular weight excluding hydrogens is 381 g/mol. The van der Waals surface area contributed by atoms with Crippen LogP contribution in [0.15, 0.2) is 41.6 Å². The van der Waals surface area contributed by atoms with Crippen molar-refractivity contribution in [2.24, 2.45) is 0 Å². The lowest BCUT2D eigenvalue weighted by Gasteiger charge is -2.41. The first-order valence-electron chi connectivity index (χ1n) is 8.27. The van der Waals surface area contributed by atoms with Gasteiger partial charge in [-0.15, -0.1) is 0 Å². The van der Waals surface area contributed by atoms with Gasteiger partial charge in [-0.25, -0.2) is 4.79 Å². The summed E-state index contributed by atoms with van der Waals surface area (Å²) < 4.78 is 0. The first-order chi connectivity index (χ1) is 12.0. The quantitative estimate of drug-likeness (QED) is 0.529. The molecule has 0 saturated carbocycles. The number of urea groups is 1. The normalized spacial score (nSPS) is 27.6. The monoisotopic (exact) mass is 397 g/mol. The highest BCUT2D eigenvalue weighted by atomic mass is 35.5. The van der Waals surface area contributed by atoms with Gasteiger partial charge in [0.05, 0.1) is 16.1 Å². The van der Waals surface area contributed by atoms with Crippen molar-refractivity contribution in [1.29, 1.82) is 0 Å². The molecule has 4 nitrogen and oxygen atoms in total. The Hall–Kier alpha value is -1.36. The first-order valence-corrected chi connectivity index (χ1v) is 9.46. The molecule has 132 valence electrons. The summed E-state index contributed by atoms with van der Waals surface area (Å²) in [7, 11) is 1.98. The number of amides is 2. The summed E-state index contributed by atoms with van der Waals surface area (Å²) >= 11 is 18.5. The number of nitrogens with one attached hydrogen (secondary N) is 1. The Bertz CT molecular complexity index is 792. The molecule has 2 bridgehead atoms. The number of rotatable bonds is 1. The lowest BCUT2D eigenvalue weighted by atomic mass is 9.91. The zero-order valence-electron chi connectivity index (χ0n) is 13.7. The maximum atomic E-state index is 12.9. The van der Waals surface area contributed by atoms with Gasteiger partial charge in [0.25, 0.3) is 0 Å². The van der Waals surface area contributed by atoms with Crippen molar-refractivity contribution in [3.8, 4) is 0 Å². The minimum atomic E-state index is -0.122. The second-order valence-electron chi connectivity index (χ2n) is 6.71. The largest absolute Gasteiger partial charge is 0.361 e. The zero-order chi connectivity index (χ0) is 17.7. The van der Waals surface area contributed by atoms with Crippen LogP contribution in [0.25, 0.3) is 0 Å². The highest BCUT2D eigenvalue weighted by molar-refractivity contribution is 6.42. The highest BCUT2D eigenvalue weighted by Crippen LogP contribution is 2.44. The van der Waals surface area contributed by atoms with Crippen molar-refractivity contribution in [3.05, 3.63) is 51.7 Å². The second-order valence-corrected chi connectivity index (χ2v) is 7.94. The van der Waals surface area contributed by atoms with E-state index < -0.39 is 0 Å². The Morgan fingerprint density at radius 1 is 1.24 bits per heavy atom. The van der Waals surface area contributed by atoms with E-state index in [1.807, 2.05) is 23.0 Å². The summed E-state index contributed by atoms with van der Waals surface area (Å²) in [6, 6.07) is 5.28. The molecule has 25 heavy (non-hydrogen) atoms. The average Bonchev–Trinajstić information content (AvgIpc) is 2.90. The molecule has 0 aromatic heterocycles. The van der Waals surface area contributed by atoms with Crippen LogP contribution in [0.3, 0.4) is 0 Å². The third-order valence-electron chi connectivity index (χ3n) is 5.23. The Morgan fingerprint density at radius 3 is 2.80 bits per heavy atom. The number of likely N-dealkylation sites (N-methyl/N-ethyl adjacent to an activating group) is 1. The van der Waals surface area contributed by atoms with Gasteiger partial charge in [-0.3, -0.25) is 0 Å². The fraction of sp³-hybridized carbons (Fsp3) is 0.389. The predicted molar refractivity (Wildman–Crippen MR) is 102 cm³/mol. The summed E-state index contributed by atoms with van der Waals surface area (Å²) in [6.07, 6.45) is 6.87. The van der Waals surface area contributed by atoms with Crippen LogP contribution >= 0.6 is 34.8 Å². The number of hydrogen-bond donors (Lipinski definition) is 1. The fourth-order valence-corrected chi connectivity index (χ4v) is 4.59. The van der Waals surface area contributed by atoms with Crippen molar-refractivity contribution in [2.45, 2.75) is 36.8 Å². The van der Waals surface area contributed by atoms with Gasteiger partial charge in [0.1, 0.15) is 5.50 Å². The van der Waals surface area contributed by atoms with E-state index >= 15 is 0 Å². The zero-order valence-corrected chi connectivity index (χ0v) is 15.9. The number of anilines is 1. The van der Waals surface area contributed by atoms with Crippen molar-refractivity contribution < 1.29 is 4.79 Å². The number of fused-ring (bicyclic) bond motifs is 3. The van der Waals surface area contributed by atoms with Crippen molar-refractivity contribution in [2.75, 3.05) is 12.4 Å². The predicted octanol–water partition coefficient (Wildman–Crippen LogP) is 5.08. The Kier molecular flexibility index (Phi) is 4.38. The van der Waals surface area contributed by atoms with E-state index in [4.69, 9.17) is 34.8 Å². The SMILES string of the molecule is CN1C=CC2=C(CC3CCC2N3C(=O)Nc2ccc(Cl)c(Cl)c2)C1Cl. The molecule has 1 aromatic carbocycles. The van der Waals surface area contributed by atoms with Crippen LogP contribution in [0.2, 0.25) is 10.0 Å². The van der Waals surface area contributed by atoms with E-state index in [0.29, 0.717) is 15.7 Å². The van der Waals surface area contributed by atoms with Crippen LogP contribution in [0.1, 0.15) is 19.3 Å². The molecule has 1 saturated heterocycles. The lowest BCUT2D eigenvalue weighted by molar-refractivity contribution is 0.185. The van der Waals surface area contributed by atoms with Gasteiger partial charge in [0.15, 0.2) is 0 Å². The number of hydrogen-bond acceptors (Lipinski definition) is 2. The van der Waals surface area contributed by atoms with Gasteiger partial charge in [-0.2, -0.15) is 0 Å². The van der Waals surface area contributed by atoms with Gasteiger partial charge < -0.3 is 15.1 Å². The number of alkyl halides is 1. The maximum Gasteiger partial charge on any atom is 0.322 e. The highest BCUT2D eigenvalue weighted by Gasteiger charge is 2.45. The second kappa shape index (κ2) is 6.42. The van der Waals surface area contributed by atoms with Gasteiger partial charge in [0, 0.05) is 25.0 Å². The van der Waals surface area contributed by atoms with Gasteiger partial charge in [-0.05, 0) is 54.7 Å². The minimum absolute atomic E-state index is 0.0859. The van der Waals surface area contributed by atoms with E-state index in [1.54, 1.807) is 18.2 Å². The molecule has 1 aromatic rings. The molecule has 4 rings (SSSR count). The molecule has 3 aliphatic heterocycles. The maximum absolute atomic E-state index is 12.9. The molecule has 0 aliphatic carbocycles. The first kappa shape index (κ1) is 17.1. The molecular formula is C18H18Cl3N3O. The standard InChI is InChI=1S/C18H18Cl3N3O/c1-23-7-6-12-13(17(23)21)9-11-3-5-16(12)24(11)18(25)22-10-2-4-14(19)15(20)8-10/h2,4,6-8,11,16-17H,3,5,9H2,1H3,(H,22,25). The smallest absolute Gasteiger partial charge is 0.322 e. The number of carbonyl (C=O) groups excluding carboxylic acids is 1. The molecule has 1 fully saturated rings. The summed E-state index contributed by atoms with van der Waals surface area (Å²) in [5.74, 6) is 0. The van der Waals surface area contributed by atoms with E-state index in [1.165, 1.54) is 11.1 Å². The molecule has 3 atom stereocenters. The van der Waals surface area contributed by atoms with E-state index in [9.17, 15) is 4.79 Å². The van der Waals surface area contributed by atoms with Crippen LogP contribution in [0.5, 0.6) is 0 Å².